The first-order chi connectivity index (χ1) is 8.61. The number of anilines is 2. The van der Waals surface area contributed by atoms with Crippen LogP contribution in [0.25, 0.3) is 0 Å². The molecule has 0 saturated carbocycles. The zero-order valence-electron chi connectivity index (χ0n) is 10.0. The van der Waals surface area contributed by atoms with Gasteiger partial charge in [-0.2, -0.15) is 5.10 Å². The monoisotopic (exact) mass is 253 g/mol. The van der Waals surface area contributed by atoms with Crippen LogP contribution >= 0.6 is 0 Å². The van der Waals surface area contributed by atoms with Gasteiger partial charge in [-0.15, -0.1) is 0 Å². The number of halogens is 2. The quantitative estimate of drug-likeness (QED) is 0.871. The third-order valence-corrected chi connectivity index (χ3v) is 2.53. The van der Waals surface area contributed by atoms with Gasteiger partial charge in [0.15, 0.2) is 23.3 Å². The standard InChI is InChI=1S/C11H13F2N5/c1-14-10-8(12)5-9(13)11(17-10)15-6-7-3-4-16-18(7)2/h3-5H,6H2,1-2H3,(H2,14,15,17). The van der Waals surface area contributed by atoms with E-state index in [0.29, 0.717) is 6.54 Å². The molecule has 0 saturated heterocycles. The highest BCUT2D eigenvalue weighted by atomic mass is 19.1. The van der Waals surface area contributed by atoms with Crippen LogP contribution in [-0.2, 0) is 13.6 Å². The highest BCUT2D eigenvalue weighted by Gasteiger charge is 2.11. The maximum absolute atomic E-state index is 13.5. The second-order valence-corrected chi connectivity index (χ2v) is 3.70. The molecule has 0 aliphatic rings. The first-order valence-electron chi connectivity index (χ1n) is 5.36. The van der Waals surface area contributed by atoms with Gasteiger partial charge in [0, 0.05) is 26.4 Å². The van der Waals surface area contributed by atoms with Crippen molar-refractivity contribution < 1.29 is 8.78 Å². The lowest BCUT2D eigenvalue weighted by molar-refractivity contribution is 0.578. The molecule has 18 heavy (non-hydrogen) atoms. The summed E-state index contributed by atoms with van der Waals surface area (Å²) in [5, 5.41) is 9.35. The minimum atomic E-state index is -0.728. The molecule has 0 amide bonds. The topological polar surface area (TPSA) is 54.8 Å². The van der Waals surface area contributed by atoms with E-state index in [4.69, 9.17) is 0 Å². The Hall–Kier alpha value is -2.18. The van der Waals surface area contributed by atoms with Gasteiger partial charge < -0.3 is 10.6 Å². The molecule has 0 atom stereocenters. The number of aromatic nitrogens is 3. The number of nitrogens with zero attached hydrogens (tertiary/aromatic N) is 3. The molecule has 2 rings (SSSR count). The van der Waals surface area contributed by atoms with Gasteiger partial charge in [-0.1, -0.05) is 0 Å². The Morgan fingerprint density at radius 2 is 2.00 bits per heavy atom. The summed E-state index contributed by atoms with van der Waals surface area (Å²) in [7, 11) is 3.30. The van der Waals surface area contributed by atoms with Crippen LogP contribution in [-0.4, -0.2) is 21.8 Å². The van der Waals surface area contributed by atoms with E-state index >= 15 is 0 Å². The first kappa shape index (κ1) is 12.3. The van der Waals surface area contributed by atoms with Crippen LogP contribution in [0, 0.1) is 11.6 Å². The van der Waals surface area contributed by atoms with Crippen molar-refractivity contribution in [1.29, 1.82) is 0 Å². The highest BCUT2D eigenvalue weighted by molar-refractivity contribution is 5.47. The van der Waals surface area contributed by atoms with Crippen LogP contribution < -0.4 is 10.6 Å². The molecule has 2 heterocycles. The van der Waals surface area contributed by atoms with Gasteiger partial charge in [0.1, 0.15) is 0 Å². The molecule has 0 unspecified atom stereocenters. The van der Waals surface area contributed by atoms with Crippen molar-refractivity contribution in [2.75, 3.05) is 17.7 Å². The third-order valence-electron chi connectivity index (χ3n) is 2.53. The van der Waals surface area contributed by atoms with Crippen LogP contribution in [0.1, 0.15) is 5.69 Å². The van der Waals surface area contributed by atoms with Gasteiger partial charge in [-0.05, 0) is 6.07 Å². The van der Waals surface area contributed by atoms with E-state index in [0.717, 1.165) is 11.8 Å². The van der Waals surface area contributed by atoms with Crippen LogP contribution in [0.5, 0.6) is 0 Å². The molecule has 96 valence electrons. The minimum Gasteiger partial charge on any atom is -0.371 e. The van der Waals surface area contributed by atoms with E-state index in [-0.39, 0.29) is 11.6 Å². The molecule has 0 fully saturated rings. The average molecular weight is 253 g/mol. The number of aryl methyl sites for hydroxylation is 1. The smallest absolute Gasteiger partial charge is 0.168 e. The van der Waals surface area contributed by atoms with E-state index in [2.05, 4.69) is 20.7 Å². The van der Waals surface area contributed by atoms with Crippen molar-refractivity contribution in [3.05, 3.63) is 35.7 Å². The SMILES string of the molecule is CNc1nc(NCc2ccnn2C)c(F)cc1F. The largest absolute Gasteiger partial charge is 0.371 e. The lowest BCUT2D eigenvalue weighted by atomic mass is 10.3. The molecule has 0 aliphatic carbocycles. The second-order valence-electron chi connectivity index (χ2n) is 3.70. The fourth-order valence-electron chi connectivity index (χ4n) is 1.51. The number of pyridine rings is 1. The molecule has 2 aromatic heterocycles. The van der Waals surface area contributed by atoms with E-state index < -0.39 is 11.6 Å². The average Bonchev–Trinajstić information content (AvgIpc) is 2.74. The number of hydrogen-bond acceptors (Lipinski definition) is 4. The molecule has 2 aromatic rings. The minimum absolute atomic E-state index is 0.00181. The summed E-state index contributed by atoms with van der Waals surface area (Å²) in [5.41, 5.74) is 0.867. The molecule has 0 radical (unpaired) electrons. The van der Waals surface area contributed by atoms with Gasteiger partial charge in [-0.25, -0.2) is 13.8 Å². The maximum atomic E-state index is 13.5. The maximum Gasteiger partial charge on any atom is 0.168 e. The van der Waals surface area contributed by atoms with Crippen molar-refractivity contribution in [3.8, 4) is 0 Å². The van der Waals surface area contributed by atoms with Crippen molar-refractivity contribution in [1.82, 2.24) is 14.8 Å². The number of rotatable bonds is 4. The lowest BCUT2D eigenvalue weighted by Gasteiger charge is -2.09. The van der Waals surface area contributed by atoms with Crippen molar-refractivity contribution in [3.63, 3.8) is 0 Å². The highest BCUT2D eigenvalue weighted by Crippen LogP contribution is 2.18. The van der Waals surface area contributed by atoms with Crippen LogP contribution in [0.4, 0.5) is 20.4 Å². The Morgan fingerprint density at radius 3 is 2.61 bits per heavy atom. The summed E-state index contributed by atoms with van der Waals surface area (Å²) >= 11 is 0. The zero-order valence-corrected chi connectivity index (χ0v) is 10.0. The fraction of sp³-hybridized carbons (Fsp3) is 0.273. The summed E-state index contributed by atoms with van der Waals surface area (Å²) in [5.74, 6) is -1.44. The summed E-state index contributed by atoms with van der Waals surface area (Å²) in [4.78, 5) is 3.82. The molecular weight excluding hydrogens is 240 g/mol. The fourth-order valence-corrected chi connectivity index (χ4v) is 1.51. The second kappa shape index (κ2) is 4.99. The van der Waals surface area contributed by atoms with Crippen LogP contribution in [0.15, 0.2) is 18.3 Å². The molecule has 0 aliphatic heterocycles. The van der Waals surface area contributed by atoms with Gasteiger partial charge in [0.2, 0.25) is 0 Å². The van der Waals surface area contributed by atoms with Gasteiger partial charge >= 0.3 is 0 Å². The molecule has 0 aromatic carbocycles. The van der Waals surface area contributed by atoms with Crippen LogP contribution in [0.3, 0.4) is 0 Å². The molecule has 5 nitrogen and oxygen atoms in total. The van der Waals surface area contributed by atoms with E-state index in [9.17, 15) is 8.78 Å². The Kier molecular flexibility index (Phi) is 3.40. The molecular formula is C11H13F2N5. The predicted molar refractivity (Wildman–Crippen MR) is 64.2 cm³/mol. The summed E-state index contributed by atoms with van der Waals surface area (Å²) in [6.07, 6.45) is 1.64. The van der Waals surface area contributed by atoms with E-state index in [1.54, 1.807) is 24.0 Å². The number of hydrogen-bond donors (Lipinski definition) is 2. The molecule has 2 N–H and O–H groups in total. The first-order valence-corrected chi connectivity index (χ1v) is 5.36. The van der Waals surface area contributed by atoms with Crippen LogP contribution in [0.2, 0.25) is 0 Å². The number of nitrogens with one attached hydrogen (secondary N) is 2. The molecule has 7 heteroatoms. The van der Waals surface area contributed by atoms with Crippen molar-refractivity contribution in [2.24, 2.45) is 7.05 Å². The summed E-state index contributed by atoms with van der Waals surface area (Å²) in [6.45, 7) is 0.356. The van der Waals surface area contributed by atoms with Crippen molar-refractivity contribution >= 4 is 11.6 Å². The Labute approximate surface area is 103 Å². The third kappa shape index (κ3) is 2.39. The lowest BCUT2D eigenvalue weighted by Crippen LogP contribution is -2.09. The van der Waals surface area contributed by atoms with E-state index in [1.165, 1.54) is 7.05 Å². The zero-order chi connectivity index (χ0) is 13.1. The van der Waals surface area contributed by atoms with Gasteiger partial charge in [-0.3, -0.25) is 4.68 Å². The Bertz CT molecular complexity index is 552. The Balaban J connectivity index is 2.16. The normalized spacial score (nSPS) is 10.4. The van der Waals surface area contributed by atoms with E-state index in [1.807, 2.05) is 0 Å². The molecule has 0 bridgehead atoms. The van der Waals surface area contributed by atoms with Gasteiger partial charge in [0.05, 0.1) is 12.2 Å². The van der Waals surface area contributed by atoms with Gasteiger partial charge in [0.25, 0.3) is 0 Å². The van der Waals surface area contributed by atoms with Crippen molar-refractivity contribution in [2.45, 2.75) is 6.54 Å². The predicted octanol–water partition coefficient (Wildman–Crippen LogP) is 1.75. The molecule has 0 spiro atoms. The Morgan fingerprint density at radius 1 is 1.28 bits per heavy atom. The summed E-state index contributed by atoms with van der Waals surface area (Å²) in [6, 6.07) is 2.60. The summed E-state index contributed by atoms with van der Waals surface area (Å²) < 4.78 is 28.3.